The van der Waals surface area contributed by atoms with Gasteiger partial charge >= 0.3 is 0 Å². The molecule has 3 aromatic rings. The number of rotatable bonds is 6. The van der Waals surface area contributed by atoms with Crippen molar-refractivity contribution in [3.63, 3.8) is 0 Å². The van der Waals surface area contributed by atoms with Gasteiger partial charge in [0.2, 0.25) is 5.91 Å². The van der Waals surface area contributed by atoms with Crippen LogP contribution < -0.4 is 10.2 Å². The number of thiazole rings is 1. The molecule has 4 nitrogen and oxygen atoms in total. The molecule has 1 aliphatic rings. The van der Waals surface area contributed by atoms with Crippen LogP contribution in [0, 0.1) is 11.7 Å². The van der Waals surface area contributed by atoms with E-state index in [9.17, 15) is 9.18 Å². The number of nitrogens with one attached hydrogen (secondary N) is 1. The number of piperidine rings is 1. The number of aromatic nitrogens is 1. The second-order valence-corrected chi connectivity index (χ2v) is 8.81. The van der Waals surface area contributed by atoms with E-state index in [1.165, 1.54) is 23.0 Å². The summed E-state index contributed by atoms with van der Waals surface area (Å²) < 4.78 is 14.8. The van der Waals surface area contributed by atoms with Crippen LogP contribution >= 0.6 is 11.3 Å². The van der Waals surface area contributed by atoms with Gasteiger partial charge in [-0.25, -0.2) is 9.37 Å². The molecule has 2 aromatic carbocycles. The molecule has 1 amide bonds. The van der Waals surface area contributed by atoms with Crippen molar-refractivity contribution in [1.29, 1.82) is 0 Å². The van der Waals surface area contributed by atoms with Crippen molar-refractivity contribution in [2.24, 2.45) is 5.92 Å². The first-order chi connectivity index (χ1) is 14.1. The predicted molar refractivity (Wildman–Crippen MR) is 117 cm³/mol. The van der Waals surface area contributed by atoms with Crippen LogP contribution in [-0.2, 0) is 11.2 Å². The first-order valence-electron chi connectivity index (χ1n) is 10.2. The van der Waals surface area contributed by atoms with Crippen molar-refractivity contribution in [2.45, 2.75) is 38.6 Å². The molecule has 1 fully saturated rings. The first kappa shape index (κ1) is 19.8. The van der Waals surface area contributed by atoms with E-state index < -0.39 is 0 Å². The highest BCUT2D eigenvalue weighted by Crippen LogP contribution is 2.32. The Hall–Kier alpha value is -2.47. The van der Waals surface area contributed by atoms with Gasteiger partial charge in [-0.2, -0.15) is 0 Å². The lowest BCUT2D eigenvalue weighted by atomic mass is 9.96. The molecule has 0 bridgehead atoms. The van der Waals surface area contributed by atoms with Crippen LogP contribution in [0.5, 0.6) is 0 Å². The van der Waals surface area contributed by atoms with E-state index >= 15 is 0 Å². The van der Waals surface area contributed by atoms with E-state index in [0.717, 1.165) is 42.1 Å². The van der Waals surface area contributed by atoms with Crippen molar-refractivity contribution < 1.29 is 9.18 Å². The molecule has 1 N–H and O–H groups in total. The Bertz CT molecular complexity index is 975. The zero-order valence-electron chi connectivity index (χ0n) is 16.6. The van der Waals surface area contributed by atoms with Crippen LogP contribution in [0.4, 0.5) is 9.52 Å². The second kappa shape index (κ2) is 8.91. The Balaban J connectivity index is 1.34. The Labute approximate surface area is 174 Å². The molecular formula is C23H26FN3OS. The van der Waals surface area contributed by atoms with Gasteiger partial charge in [-0.15, -0.1) is 0 Å². The number of para-hydroxylation sites is 1. The second-order valence-electron chi connectivity index (χ2n) is 7.80. The summed E-state index contributed by atoms with van der Waals surface area (Å²) in [7, 11) is 0. The lowest BCUT2D eigenvalue weighted by molar-refractivity contribution is -0.125. The monoisotopic (exact) mass is 411 g/mol. The van der Waals surface area contributed by atoms with Crippen LogP contribution in [-0.4, -0.2) is 30.0 Å². The van der Waals surface area contributed by atoms with Crippen molar-refractivity contribution >= 4 is 32.6 Å². The number of carbonyl (C=O) groups is 1. The highest BCUT2D eigenvalue weighted by atomic mass is 32.1. The number of hydrogen-bond acceptors (Lipinski definition) is 4. The summed E-state index contributed by atoms with van der Waals surface area (Å²) in [6.07, 6.45) is 3.70. The molecule has 0 spiro atoms. The van der Waals surface area contributed by atoms with E-state index in [0.29, 0.717) is 12.1 Å². The maximum absolute atomic E-state index is 14.0. The maximum atomic E-state index is 14.0. The maximum Gasteiger partial charge on any atom is 0.225 e. The number of fused-ring (bicyclic) bond motifs is 1. The van der Waals surface area contributed by atoms with Crippen molar-refractivity contribution in [3.8, 4) is 0 Å². The Morgan fingerprint density at radius 3 is 2.90 bits per heavy atom. The molecule has 152 valence electrons. The fourth-order valence-corrected chi connectivity index (χ4v) is 4.88. The minimum atomic E-state index is -0.288. The summed E-state index contributed by atoms with van der Waals surface area (Å²) in [5, 5.41) is 3.99. The normalized spacial score (nSPS) is 18.0. The number of anilines is 1. The highest BCUT2D eigenvalue weighted by molar-refractivity contribution is 7.22. The predicted octanol–water partition coefficient (Wildman–Crippen LogP) is 4.79. The summed E-state index contributed by atoms with van der Waals surface area (Å²) in [5.74, 6) is -0.231. The third-order valence-corrected chi connectivity index (χ3v) is 6.60. The Morgan fingerprint density at radius 2 is 2.10 bits per heavy atom. The van der Waals surface area contributed by atoms with E-state index in [4.69, 9.17) is 0 Å². The van der Waals surface area contributed by atoms with Gasteiger partial charge in [0.15, 0.2) is 5.13 Å². The summed E-state index contributed by atoms with van der Waals surface area (Å²) in [6, 6.07) is 15.5. The van der Waals surface area contributed by atoms with Gasteiger partial charge in [0, 0.05) is 19.1 Å². The fraction of sp³-hybridized carbons (Fsp3) is 0.391. The number of aryl methyl sites for hydroxylation is 1. The molecule has 0 saturated carbocycles. The standard InChI is InChI=1S/C23H26FN3OS/c1-16(12-13-17-7-3-2-4-8-17)25-22(28)18-9-6-14-27(15-18)23-26-21-19(24)10-5-11-20(21)29-23/h2-5,7-8,10-11,16,18H,6,9,12-15H2,1H3,(H,25,28). The Kier molecular flexibility index (Phi) is 6.09. The molecule has 6 heteroatoms. The van der Waals surface area contributed by atoms with E-state index in [2.05, 4.69) is 34.3 Å². The van der Waals surface area contributed by atoms with Gasteiger partial charge in [0.1, 0.15) is 11.3 Å². The minimum Gasteiger partial charge on any atom is -0.353 e. The average molecular weight is 412 g/mol. The smallest absolute Gasteiger partial charge is 0.225 e. The number of halogens is 1. The molecule has 2 heterocycles. The molecule has 2 atom stereocenters. The fourth-order valence-electron chi connectivity index (χ4n) is 3.86. The average Bonchev–Trinajstić information content (AvgIpc) is 3.19. The summed E-state index contributed by atoms with van der Waals surface area (Å²) >= 11 is 1.49. The van der Waals surface area contributed by atoms with Gasteiger partial charge < -0.3 is 10.2 Å². The third-order valence-electron chi connectivity index (χ3n) is 5.52. The molecule has 1 saturated heterocycles. The number of benzene rings is 2. The molecule has 2 unspecified atom stereocenters. The third kappa shape index (κ3) is 4.75. The van der Waals surface area contributed by atoms with Crippen molar-refractivity contribution in [3.05, 3.63) is 59.9 Å². The van der Waals surface area contributed by atoms with E-state index in [1.54, 1.807) is 6.07 Å². The number of amides is 1. The van der Waals surface area contributed by atoms with Crippen LogP contribution in [0.25, 0.3) is 10.2 Å². The van der Waals surface area contributed by atoms with Crippen molar-refractivity contribution in [1.82, 2.24) is 10.3 Å². The molecule has 1 aliphatic heterocycles. The summed E-state index contributed by atoms with van der Waals surface area (Å²) in [6.45, 7) is 3.56. The topological polar surface area (TPSA) is 45.2 Å². The number of carbonyl (C=O) groups excluding carboxylic acids is 1. The molecule has 4 rings (SSSR count). The zero-order chi connectivity index (χ0) is 20.2. The molecule has 0 aliphatic carbocycles. The number of nitrogens with zero attached hydrogens (tertiary/aromatic N) is 2. The Morgan fingerprint density at radius 1 is 1.28 bits per heavy atom. The van der Waals surface area contributed by atoms with Gasteiger partial charge in [-0.3, -0.25) is 4.79 Å². The lowest BCUT2D eigenvalue weighted by Crippen LogP contribution is -2.45. The first-order valence-corrected chi connectivity index (χ1v) is 11.1. The quantitative estimate of drug-likeness (QED) is 0.634. The molecule has 0 radical (unpaired) electrons. The van der Waals surface area contributed by atoms with Gasteiger partial charge in [0.05, 0.1) is 10.6 Å². The lowest BCUT2D eigenvalue weighted by Gasteiger charge is -2.32. The van der Waals surface area contributed by atoms with Gasteiger partial charge in [-0.05, 0) is 50.3 Å². The van der Waals surface area contributed by atoms with E-state index in [-0.39, 0.29) is 23.7 Å². The summed E-state index contributed by atoms with van der Waals surface area (Å²) in [4.78, 5) is 19.4. The molecule has 29 heavy (non-hydrogen) atoms. The SMILES string of the molecule is CC(CCc1ccccc1)NC(=O)C1CCCN(c2nc3c(F)cccc3s2)C1. The minimum absolute atomic E-state index is 0.0558. The van der Waals surface area contributed by atoms with Gasteiger partial charge in [0.25, 0.3) is 0 Å². The largest absolute Gasteiger partial charge is 0.353 e. The van der Waals surface area contributed by atoms with Crippen molar-refractivity contribution in [2.75, 3.05) is 18.0 Å². The van der Waals surface area contributed by atoms with Gasteiger partial charge in [-0.1, -0.05) is 47.7 Å². The molecule has 1 aromatic heterocycles. The summed E-state index contributed by atoms with van der Waals surface area (Å²) in [5.41, 5.74) is 1.72. The molecular weight excluding hydrogens is 385 g/mol. The van der Waals surface area contributed by atoms with E-state index in [1.807, 2.05) is 24.3 Å². The highest BCUT2D eigenvalue weighted by Gasteiger charge is 2.28. The zero-order valence-corrected chi connectivity index (χ0v) is 17.4. The van der Waals surface area contributed by atoms with Crippen LogP contribution in [0.2, 0.25) is 0 Å². The number of hydrogen-bond donors (Lipinski definition) is 1. The van der Waals surface area contributed by atoms with Crippen LogP contribution in [0.1, 0.15) is 31.7 Å². The van der Waals surface area contributed by atoms with Crippen LogP contribution in [0.15, 0.2) is 48.5 Å². The van der Waals surface area contributed by atoms with Crippen LogP contribution in [0.3, 0.4) is 0 Å².